The topological polar surface area (TPSA) is 68.6 Å². The highest BCUT2D eigenvalue weighted by molar-refractivity contribution is 6.06. The first kappa shape index (κ1) is 22.7. The van der Waals surface area contributed by atoms with Gasteiger partial charge in [0.25, 0.3) is 0 Å². The Hall–Kier alpha value is -2.96. The molecule has 1 unspecified atom stereocenters. The van der Waals surface area contributed by atoms with E-state index in [0.717, 1.165) is 18.4 Å². The van der Waals surface area contributed by atoms with Crippen molar-refractivity contribution in [3.05, 3.63) is 58.2 Å². The lowest BCUT2D eigenvalue weighted by atomic mass is 9.99. The minimum absolute atomic E-state index is 0.0660. The number of carbonyl (C=O) groups excluding carboxylic acids is 3. The molecule has 31 heavy (non-hydrogen) atoms. The molecule has 2 aromatic rings. The van der Waals surface area contributed by atoms with Crippen molar-refractivity contribution in [3.63, 3.8) is 0 Å². The monoisotopic (exact) mass is 428 g/mol. The van der Waals surface area contributed by atoms with Crippen molar-refractivity contribution < 1.29 is 23.5 Å². The maximum absolute atomic E-state index is 13.5. The number of rotatable bonds is 8. The summed E-state index contributed by atoms with van der Waals surface area (Å²) in [5.41, 5.74) is 2.73. The molecule has 0 bridgehead atoms. The maximum atomic E-state index is 13.5. The number of halogens is 1. The first-order valence-corrected chi connectivity index (χ1v) is 10.6. The van der Waals surface area contributed by atoms with Gasteiger partial charge in [-0.2, -0.15) is 0 Å². The summed E-state index contributed by atoms with van der Waals surface area (Å²) in [6.45, 7) is 7.41. The molecule has 1 amide bonds. The number of hydrogen-bond acceptors (Lipinski definition) is 4. The summed E-state index contributed by atoms with van der Waals surface area (Å²) in [6, 6.07) is 5.21. The molecule has 0 radical (unpaired) electrons. The third-order valence-electron chi connectivity index (χ3n) is 5.97. The summed E-state index contributed by atoms with van der Waals surface area (Å²) in [5.74, 6) is -1.19. The second kappa shape index (κ2) is 9.04. The van der Waals surface area contributed by atoms with Crippen LogP contribution in [0.2, 0.25) is 0 Å². The van der Waals surface area contributed by atoms with E-state index in [1.54, 1.807) is 56.3 Å². The summed E-state index contributed by atoms with van der Waals surface area (Å²) in [6.07, 6.45) is 1.63. The lowest BCUT2D eigenvalue weighted by molar-refractivity contribution is -0.134. The molecule has 3 rings (SSSR count). The fourth-order valence-electron chi connectivity index (χ4n) is 3.94. The molecule has 0 aliphatic heterocycles. The molecule has 0 saturated heterocycles. The van der Waals surface area contributed by atoms with Crippen LogP contribution in [0.3, 0.4) is 0 Å². The highest BCUT2D eigenvalue weighted by Gasteiger charge is 2.38. The van der Waals surface area contributed by atoms with Crippen LogP contribution >= 0.6 is 0 Å². The van der Waals surface area contributed by atoms with E-state index in [1.165, 1.54) is 12.1 Å². The van der Waals surface area contributed by atoms with Crippen molar-refractivity contribution in [2.75, 3.05) is 6.61 Å². The molecular weight excluding hydrogens is 399 g/mol. The van der Waals surface area contributed by atoms with E-state index in [1.807, 2.05) is 0 Å². The van der Waals surface area contributed by atoms with Gasteiger partial charge in [0, 0.05) is 30.8 Å². The molecule has 0 spiro atoms. The third-order valence-corrected chi connectivity index (χ3v) is 5.97. The van der Waals surface area contributed by atoms with Crippen molar-refractivity contribution >= 4 is 17.7 Å². The summed E-state index contributed by atoms with van der Waals surface area (Å²) < 4.78 is 20.1. The number of hydrogen-bond donors (Lipinski definition) is 0. The Morgan fingerprint density at radius 2 is 1.81 bits per heavy atom. The number of nitrogens with zero attached hydrogens (tertiary/aromatic N) is 2. The number of benzene rings is 1. The van der Waals surface area contributed by atoms with Gasteiger partial charge in [0.05, 0.1) is 12.6 Å². The second-order valence-corrected chi connectivity index (χ2v) is 8.12. The number of Topliss-reactive ketones (excluding diaryl/α,β-unsaturated/α-hetero) is 1. The molecule has 0 N–H and O–H groups in total. The summed E-state index contributed by atoms with van der Waals surface area (Å²) in [5, 5.41) is 0. The molecule has 6 nitrogen and oxygen atoms in total. The fraction of sp³-hybridized carbons (Fsp3) is 0.458. The van der Waals surface area contributed by atoms with E-state index in [4.69, 9.17) is 4.74 Å². The molecule has 1 aliphatic rings. The van der Waals surface area contributed by atoms with Crippen LogP contribution in [0.15, 0.2) is 24.3 Å². The first-order valence-electron chi connectivity index (χ1n) is 10.6. The SMILES string of the molecule is CCOC(=O)c1c(C)c(C(=O)C(C)N(Cc2ccc(F)cc2)C(=O)C2CC2)c(C)n1C. The van der Waals surface area contributed by atoms with Gasteiger partial charge in [0.1, 0.15) is 11.5 Å². The van der Waals surface area contributed by atoms with Crippen LogP contribution in [-0.2, 0) is 23.1 Å². The van der Waals surface area contributed by atoms with Gasteiger partial charge in [-0.25, -0.2) is 9.18 Å². The molecule has 1 atom stereocenters. The zero-order chi connectivity index (χ0) is 22.9. The zero-order valence-corrected chi connectivity index (χ0v) is 18.7. The van der Waals surface area contributed by atoms with Crippen LogP contribution in [0.1, 0.15) is 64.4 Å². The largest absolute Gasteiger partial charge is 0.461 e. The van der Waals surface area contributed by atoms with E-state index in [2.05, 4.69) is 0 Å². The molecule has 1 aromatic carbocycles. The quantitative estimate of drug-likeness (QED) is 0.471. The molecular formula is C24H29FN2O4. The van der Waals surface area contributed by atoms with Gasteiger partial charge in [-0.1, -0.05) is 12.1 Å². The van der Waals surface area contributed by atoms with Crippen LogP contribution in [0.25, 0.3) is 0 Å². The molecule has 7 heteroatoms. The summed E-state index contributed by atoms with van der Waals surface area (Å²) >= 11 is 0. The van der Waals surface area contributed by atoms with Crippen LogP contribution in [0, 0.1) is 25.6 Å². The molecule has 1 fully saturated rings. The highest BCUT2D eigenvalue weighted by Crippen LogP contribution is 2.33. The normalized spacial score (nSPS) is 14.3. The second-order valence-electron chi connectivity index (χ2n) is 8.12. The Morgan fingerprint density at radius 1 is 1.19 bits per heavy atom. The smallest absolute Gasteiger partial charge is 0.355 e. The van der Waals surface area contributed by atoms with E-state index >= 15 is 0 Å². The minimum atomic E-state index is -0.729. The van der Waals surface area contributed by atoms with Crippen LogP contribution in [0.5, 0.6) is 0 Å². The predicted octanol–water partition coefficient (Wildman–Crippen LogP) is 3.97. The third kappa shape index (κ3) is 4.55. The lowest BCUT2D eigenvalue weighted by Gasteiger charge is -2.29. The van der Waals surface area contributed by atoms with Crippen molar-refractivity contribution in [2.24, 2.45) is 13.0 Å². The standard InChI is InChI=1S/C24H29FN2O4/c1-6-31-24(30)21-14(2)20(15(3)26(21)5)22(28)16(4)27(23(29)18-9-10-18)13-17-7-11-19(25)12-8-17/h7-8,11-12,16,18H,6,9-10,13H2,1-5H3. The molecule has 1 saturated carbocycles. The number of esters is 1. The number of aromatic nitrogens is 1. The van der Waals surface area contributed by atoms with Crippen LogP contribution in [-0.4, -0.2) is 39.8 Å². The Kier molecular flexibility index (Phi) is 6.62. The van der Waals surface area contributed by atoms with Crippen LogP contribution < -0.4 is 0 Å². The number of amides is 1. The van der Waals surface area contributed by atoms with Crippen molar-refractivity contribution in [1.82, 2.24) is 9.47 Å². The average molecular weight is 429 g/mol. The molecule has 1 aliphatic carbocycles. The Labute approximate surface area is 182 Å². The predicted molar refractivity (Wildman–Crippen MR) is 114 cm³/mol. The van der Waals surface area contributed by atoms with Gasteiger partial charge < -0.3 is 14.2 Å². The van der Waals surface area contributed by atoms with Crippen LogP contribution in [0.4, 0.5) is 4.39 Å². The van der Waals surface area contributed by atoms with Gasteiger partial charge in [0.2, 0.25) is 5.91 Å². The van der Waals surface area contributed by atoms with Crippen molar-refractivity contribution in [3.8, 4) is 0 Å². The van der Waals surface area contributed by atoms with Gasteiger partial charge >= 0.3 is 5.97 Å². The average Bonchev–Trinajstić information content (AvgIpc) is 3.55. The van der Waals surface area contributed by atoms with E-state index in [-0.39, 0.29) is 36.6 Å². The molecule has 166 valence electrons. The Bertz CT molecular complexity index is 1010. The van der Waals surface area contributed by atoms with E-state index in [9.17, 15) is 18.8 Å². The number of ketones is 1. The Balaban J connectivity index is 1.94. The summed E-state index contributed by atoms with van der Waals surface area (Å²) in [7, 11) is 1.72. The Morgan fingerprint density at radius 3 is 2.35 bits per heavy atom. The van der Waals surface area contributed by atoms with Gasteiger partial charge in [0.15, 0.2) is 5.78 Å². The lowest BCUT2D eigenvalue weighted by Crippen LogP contribution is -2.43. The maximum Gasteiger partial charge on any atom is 0.355 e. The number of carbonyl (C=O) groups is 3. The summed E-state index contributed by atoms with van der Waals surface area (Å²) in [4.78, 5) is 40.5. The van der Waals surface area contributed by atoms with Gasteiger partial charge in [-0.3, -0.25) is 9.59 Å². The minimum Gasteiger partial charge on any atom is -0.461 e. The highest BCUT2D eigenvalue weighted by atomic mass is 19.1. The number of ether oxygens (including phenoxy) is 1. The van der Waals surface area contributed by atoms with Crippen molar-refractivity contribution in [2.45, 2.75) is 53.1 Å². The molecule has 1 heterocycles. The van der Waals surface area contributed by atoms with Crippen molar-refractivity contribution in [1.29, 1.82) is 0 Å². The first-order chi connectivity index (χ1) is 14.7. The van der Waals surface area contributed by atoms with E-state index in [0.29, 0.717) is 22.5 Å². The van der Waals surface area contributed by atoms with Gasteiger partial charge in [-0.15, -0.1) is 0 Å². The van der Waals surface area contributed by atoms with E-state index < -0.39 is 12.0 Å². The molecule has 1 aromatic heterocycles. The zero-order valence-electron chi connectivity index (χ0n) is 18.7. The van der Waals surface area contributed by atoms with Gasteiger partial charge in [-0.05, 0) is 63.8 Å². The fourth-order valence-corrected chi connectivity index (χ4v) is 3.94.